The number of nitrogens with one attached hydrogen (secondary N) is 2. The number of benzene rings is 1. The summed E-state index contributed by atoms with van der Waals surface area (Å²) in [6.07, 6.45) is 3.31. The second kappa shape index (κ2) is 7.70. The molecule has 0 aliphatic rings. The molecule has 3 rings (SSSR count). The van der Waals surface area contributed by atoms with Crippen LogP contribution in [-0.4, -0.2) is 15.9 Å². The van der Waals surface area contributed by atoms with Crippen molar-refractivity contribution in [1.82, 2.24) is 15.3 Å². The van der Waals surface area contributed by atoms with Crippen molar-refractivity contribution in [1.29, 1.82) is 0 Å². The van der Waals surface area contributed by atoms with Crippen LogP contribution in [0.2, 0.25) is 0 Å². The van der Waals surface area contributed by atoms with Gasteiger partial charge in [0.05, 0.1) is 12.2 Å². The number of amides is 1. The number of pyridine rings is 2. The van der Waals surface area contributed by atoms with Gasteiger partial charge in [0.2, 0.25) is 0 Å². The molecule has 24 heavy (non-hydrogen) atoms. The Morgan fingerprint density at radius 1 is 1.00 bits per heavy atom. The van der Waals surface area contributed by atoms with Gasteiger partial charge >= 0.3 is 0 Å². The third-order valence-corrected chi connectivity index (χ3v) is 3.82. The maximum Gasteiger partial charge on any atom is 0.251 e. The SMILES string of the molecule is O=C(NCc1ccccn1)c1ccnc(Nc2ccc(Br)cc2)c1. The van der Waals surface area contributed by atoms with Crippen LogP contribution in [0.4, 0.5) is 11.5 Å². The predicted octanol–water partition coefficient (Wildman–Crippen LogP) is 3.91. The molecule has 2 aromatic heterocycles. The molecule has 0 saturated heterocycles. The molecular formula is C18H15BrN4O. The summed E-state index contributed by atoms with van der Waals surface area (Å²) >= 11 is 3.40. The fraction of sp³-hybridized carbons (Fsp3) is 0.0556. The molecule has 0 fully saturated rings. The Morgan fingerprint density at radius 3 is 2.58 bits per heavy atom. The van der Waals surface area contributed by atoms with Gasteiger partial charge in [-0.15, -0.1) is 0 Å². The minimum Gasteiger partial charge on any atom is -0.346 e. The predicted molar refractivity (Wildman–Crippen MR) is 97.1 cm³/mol. The van der Waals surface area contributed by atoms with Gasteiger partial charge in [0.25, 0.3) is 5.91 Å². The second-order valence-electron chi connectivity index (χ2n) is 5.07. The molecule has 0 unspecified atom stereocenters. The van der Waals surface area contributed by atoms with Gasteiger partial charge in [-0.1, -0.05) is 22.0 Å². The molecule has 0 bridgehead atoms. The van der Waals surface area contributed by atoms with E-state index < -0.39 is 0 Å². The minimum absolute atomic E-state index is 0.165. The molecule has 6 heteroatoms. The summed E-state index contributed by atoms with van der Waals surface area (Å²) in [5, 5.41) is 6.03. The second-order valence-corrected chi connectivity index (χ2v) is 5.98. The normalized spacial score (nSPS) is 10.2. The number of rotatable bonds is 5. The maximum atomic E-state index is 12.3. The summed E-state index contributed by atoms with van der Waals surface area (Å²) in [7, 11) is 0. The maximum absolute atomic E-state index is 12.3. The van der Waals surface area contributed by atoms with Crippen molar-refractivity contribution < 1.29 is 4.79 Å². The highest BCUT2D eigenvalue weighted by Crippen LogP contribution is 2.18. The van der Waals surface area contributed by atoms with Gasteiger partial charge in [0.15, 0.2) is 0 Å². The molecule has 5 nitrogen and oxygen atoms in total. The molecule has 1 aromatic carbocycles. The van der Waals surface area contributed by atoms with E-state index in [0.717, 1.165) is 15.9 Å². The van der Waals surface area contributed by atoms with E-state index >= 15 is 0 Å². The lowest BCUT2D eigenvalue weighted by Gasteiger charge is -2.08. The van der Waals surface area contributed by atoms with Gasteiger partial charge in [0, 0.05) is 28.1 Å². The van der Waals surface area contributed by atoms with Crippen LogP contribution in [0.25, 0.3) is 0 Å². The quantitative estimate of drug-likeness (QED) is 0.701. The molecule has 0 saturated carbocycles. The zero-order chi connectivity index (χ0) is 16.8. The van der Waals surface area contributed by atoms with Crippen LogP contribution in [0, 0.1) is 0 Å². The molecular weight excluding hydrogens is 368 g/mol. The van der Waals surface area contributed by atoms with Crippen molar-refractivity contribution >= 4 is 33.3 Å². The third kappa shape index (κ3) is 4.39. The van der Waals surface area contributed by atoms with Gasteiger partial charge in [-0.25, -0.2) is 4.98 Å². The van der Waals surface area contributed by atoms with Gasteiger partial charge in [-0.05, 0) is 48.5 Å². The number of halogens is 1. The van der Waals surface area contributed by atoms with E-state index in [4.69, 9.17) is 0 Å². The van der Waals surface area contributed by atoms with Gasteiger partial charge in [-0.3, -0.25) is 9.78 Å². The van der Waals surface area contributed by atoms with Crippen LogP contribution in [0.15, 0.2) is 71.5 Å². The lowest BCUT2D eigenvalue weighted by atomic mass is 10.2. The van der Waals surface area contributed by atoms with Crippen molar-refractivity contribution in [2.24, 2.45) is 0 Å². The Balaban J connectivity index is 1.65. The average Bonchev–Trinajstić information content (AvgIpc) is 2.63. The van der Waals surface area contributed by atoms with Crippen LogP contribution in [0.1, 0.15) is 16.1 Å². The van der Waals surface area contributed by atoms with Crippen LogP contribution in [0.3, 0.4) is 0 Å². The van der Waals surface area contributed by atoms with E-state index in [2.05, 4.69) is 36.5 Å². The number of nitrogens with zero attached hydrogens (tertiary/aromatic N) is 2. The first-order valence-corrected chi connectivity index (χ1v) is 8.17. The number of carbonyl (C=O) groups excluding carboxylic acids is 1. The van der Waals surface area contributed by atoms with Gasteiger partial charge < -0.3 is 10.6 Å². The summed E-state index contributed by atoms with van der Waals surface area (Å²) in [4.78, 5) is 20.7. The Hall–Kier alpha value is -2.73. The molecule has 120 valence electrons. The van der Waals surface area contributed by atoms with E-state index in [9.17, 15) is 4.79 Å². The van der Waals surface area contributed by atoms with E-state index in [0.29, 0.717) is 17.9 Å². The topological polar surface area (TPSA) is 66.9 Å². The van der Waals surface area contributed by atoms with Gasteiger partial charge in [-0.2, -0.15) is 0 Å². The number of carbonyl (C=O) groups is 1. The van der Waals surface area contributed by atoms with Crippen molar-refractivity contribution in [2.75, 3.05) is 5.32 Å². The van der Waals surface area contributed by atoms with E-state index in [-0.39, 0.29) is 5.91 Å². The highest BCUT2D eigenvalue weighted by atomic mass is 79.9. The van der Waals surface area contributed by atoms with Crippen molar-refractivity contribution in [2.45, 2.75) is 6.54 Å². The number of aromatic nitrogens is 2. The molecule has 0 atom stereocenters. The molecule has 0 spiro atoms. The summed E-state index contributed by atoms with van der Waals surface area (Å²) in [6.45, 7) is 0.386. The Labute approximate surface area is 148 Å². The van der Waals surface area contributed by atoms with Crippen molar-refractivity contribution in [3.05, 3.63) is 82.7 Å². The largest absolute Gasteiger partial charge is 0.346 e. The van der Waals surface area contributed by atoms with Gasteiger partial charge in [0.1, 0.15) is 5.82 Å². The first kappa shape index (κ1) is 16.1. The van der Waals surface area contributed by atoms with E-state index in [1.807, 2.05) is 42.5 Å². The Kier molecular flexibility index (Phi) is 5.18. The molecule has 1 amide bonds. The molecule has 0 aliphatic carbocycles. The van der Waals surface area contributed by atoms with Crippen LogP contribution in [-0.2, 0) is 6.54 Å². The lowest BCUT2D eigenvalue weighted by molar-refractivity contribution is 0.0950. The van der Waals surface area contributed by atoms with Crippen molar-refractivity contribution in [3.8, 4) is 0 Å². The number of hydrogen-bond donors (Lipinski definition) is 2. The third-order valence-electron chi connectivity index (χ3n) is 3.29. The van der Waals surface area contributed by atoms with Crippen molar-refractivity contribution in [3.63, 3.8) is 0 Å². The Bertz CT molecular complexity index is 822. The number of anilines is 2. The lowest BCUT2D eigenvalue weighted by Crippen LogP contribution is -2.23. The Morgan fingerprint density at radius 2 is 1.83 bits per heavy atom. The zero-order valence-corrected chi connectivity index (χ0v) is 14.3. The fourth-order valence-corrected chi connectivity index (χ4v) is 2.36. The van der Waals surface area contributed by atoms with Crippen LogP contribution in [0.5, 0.6) is 0 Å². The summed E-state index contributed by atoms with van der Waals surface area (Å²) in [5.74, 6) is 0.449. The summed E-state index contributed by atoms with van der Waals surface area (Å²) < 4.78 is 1.00. The highest BCUT2D eigenvalue weighted by molar-refractivity contribution is 9.10. The monoisotopic (exact) mass is 382 g/mol. The van der Waals surface area contributed by atoms with Crippen LogP contribution >= 0.6 is 15.9 Å². The summed E-state index contributed by atoms with van der Waals surface area (Å²) in [5.41, 5.74) is 2.26. The smallest absolute Gasteiger partial charge is 0.251 e. The molecule has 3 aromatic rings. The molecule has 2 N–H and O–H groups in total. The van der Waals surface area contributed by atoms with Crippen LogP contribution < -0.4 is 10.6 Å². The first-order valence-electron chi connectivity index (χ1n) is 7.37. The zero-order valence-electron chi connectivity index (χ0n) is 12.7. The minimum atomic E-state index is -0.165. The van der Waals surface area contributed by atoms with E-state index in [1.54, 1.807) is 24.5 Å². The highest BCUT2D eigenvalue weighted by Gasteiger charge is 2.07. The summed E-state index contributed by atoms with van der Waals surface area (Å²) in [6, 6.07) is 16.7. The average molecular weight is 383 g/mol. The molecule has 2 heterocycles. The van der Waals surface area contributed by atoms with E-state index in [1.165, 1.54) is 0 Å². The fourth-order valence-electron chi connectivity index (χ4n) is 2.10. The molecule has 0 radical (unpaired) electrons. The number of hydrogen-bond acceptors (Lipinski definition) is 4. The standard InChI is InChI=1S/C18H15BrN4O/c19-14-4-6-15(7-5-14)23-17-11-13(8-10-21-17)18(24)22-12-16-3-1-2-9-20-16/h1-11H,12H2,(H,21,23)(H,22,24). The molecule has 0 aliphatic heterocycles. The first-order chi connectivity index (χ1) is 11.7.